The van der Waals surface area contributed by atoms with Gasteiger partial charge in [-0.1, -0.05) is 18.2 Å². The molecule has 106 valence electrons. The third kappa shape index (κ3) is 3.08. The number of anilines is 2. The van der Waals surface area contributed by atoms with Gasteiger partial charge < -0.3 is 10.6 Å². The van der Waals surface area contributed by atoms with Gasteiger partial charge in [0.2, 0.25) is 0 Å². The summed E-state index contributed by atoms with van der Waals surface area (Å²) < 4.78 is 23.6. The van der Waals surface area contributed by atoms with E-state index in [0.717, 1.165) is 5.56 Å². The molecule has 0 aliphatic heterocycles. The smallest absolute Gasteiger partial charge is 0.179 e. The minimum atomic E-state index is -3.32. The zero-order valence-electron chi connectivity index (χ0n) is 11.4. The first-order valence-electron chi connectivity index (χ1n) is 6.09. The van der Waals surface area contributed by atoms with Crippen molar-refractivity contribution < 1.29 is 8.42 Å². The number of nitrogens with zero attached hydrogens (tertiary/aromatic N) is 2. The molecule has 20 heavy (non-hydrogen) atoms. The number of pyridine rings is 1. The standard InChI is InChI=1S/C14H17N3O2S/c1-17(10-11-6-3-4-7-12(11)15)14-13(20(2,18)19)8-5-9-16-14/h3-9H,10,15H2,1-2H3. The van der Waals surface area contributed by atoms with Crippen LogP contribution in [0.25, 0.3) is 0 Å². The molecule has 0 spiro atoms. The molecule has 6 heteroatoms. The lowest BCUT2D eigenvalue weighted by atomic mass is 10.2. The zero-order chi connectivity index (χ0) is 14.8. The number of nitrogens with two attached hydrogens (primary N) is 1. The molecule has 1 heterocycles. The fourth-order valence-electron chi connectivity index (χ4n) is 1.97. The van der Waals surface area contributed by atoms with Gasteiger partial charge in [-0.05, 0) is 23.8 Å². The second kappa shape index (κ2) is 5.50. The van der Waals surface area contributed by atoms with Crippen LogP contribution in [0, 0.1) is 0 Å². The molecule has 2 aromatic rings. The first-order chi connectivity index (χ1) is 9.39. The van der Waals surface area contributed by atoms with Gasteiger partial charge in [0.25, 0.3) is 0 Å². The number of nitrogen functional groups attached to an aromatic ring is 1. The van der Waals surface area contributed by atoms with E-state index < -0.39 is 9.84 Å². The number of aromatic nitrogens is 1. The van der Waals surface area contributed by atoms with Gasteiger partial charge >= 0.3 is 0 Å². The van der Waals surface area contributed by atoms with E-state index >= 15 is 0 Å². The van der Waals surface area contributed by atoms with Crippen LogP contribution in [0.1, 0.15) is 5.56 Å². The molecule has 2 rings (SSSR count). The van der Waals surface area contributed by atoms with Crippen LogP contribution in [0.4, 0.5) is 11.5 Å². The molecule has 0 unspecified atom stereocenters. The summed E-state index contributed by atoms with van der Waals surface area (Å²) in [5.74, 6) is 0.429. The van der Waals surface area contributed by atoms with Crippen molar-refractivity contribution in [2.75, 3.05) is 23.9 Å². The number of sulfone groups is 1. The summed E-state index contributed by atoms with van der Waals surface area (Å²) >= 11 is 0. The highest BCUT2D eigenvalue weighted by Crippen LogP contribution is 2.23. The number of rotatable bonds is 4. The first-order valence-corrected chi connectivity index (χ1v) is 7.98. The van der Waals surface area contributed by atoms with E-state index in [2.05, 4.69) is 4.98 Å². The number of para-hydroxylation sites is 1. The fourth-order valence-corrected chi connectivity index (χ4v) is 2.83. The molecule has 5 nitrogen and oxygen atoms in total. The molecule has 0 aliphatic rings. The van der Waals surface area contributed by atoms with E-state index in [1.165, 1.54) is 6.26 Å². The fraction of sp³-hybridized carbons (Fsp3) is 0.214. The van der Waals surface area contributed by atoms with Crippen molar-refractivity contribution in [1.29, 1.82) is 0 Å². The lowest BCUT2D eigenvalue weighted by Gasteiger charge is -2.21. The Morgan fingerprint density at radius 1 is 1.20 bits per heavy atom. The van der Waals surface area contributed by atoms with E-state index in [-0.39, 0.29) is 4.90 Å². The summed E-state index contributed by atoms with van der Waals surface area (Å²) in [7, 11) is -1.52. The molecule has 0 saturated carbocycles. The summed E-state index contributed by atoms with van der Waals surface area (Å²) in [5.41, 5.74) is 7.51. The van der Waals surface area contributed by atoms with Gasteiger partial charge in [0.15, 0.2) is 9.84 Å². The maximum atomic E-state index is 11.8. The van der Waals surface area contributed by atoms with Gasteiger partial charge in [-0.3, -0.25) is 0 Å². The predicted octanol–water partition coefficient (Wildman–Crippen LogP) is 1.70. The Balaban J connectivity index is 2.36. The van der Waals surface area contributed by atoms with Crippen LogP contribution in [0.5, 0.6) is 0 Å². The molecule has 2 N–H and O–H groups in total. The van der Waals surface area contributed by atoms with Crippen molar-refractivity contribution in [3.05, 3.63) is 48.2 Å². The number of benzene rings is 1. The predicted molar refractivity (Wildman–Crippen MR) is 80.3 cm³/mol. The summed E-state index contributed by atoms with van der Waals surface area (Å²) in [4.78, 5) is 6.18. The third-order valence-electron chi connectivity index (χ3n) is 2.97. The van der Waals surface area contributed by atoms with Crippen molar-refractivity contribution in [1.82, 2.24) is 4.98 Å². The molecule has 1 aromatic heterocycles. The van der Waals surface area contributed by atoms with Crippen molar-refractivity contribution in [3.8, 4) is 0 Å². The van der Waals surface area contributed by atoms with E-state index in [1.807, 2.05) is 24.3 Å². The molecule has 0 saturated heterocycles. The van der Waals surface area contributed by atoms with Crippen LogP contribution in [-0.2, 0) is 16.4 Å². The lowest BCUT2D eigenvalue weighted by Crippen LogP contribution is -2.21. The molecule has 0 aliphatic carbocycles. The van der Waals surface area contributed by atoms with Gasteiger partial charge in [-0.15, -0.1) is 0 Å². The van der Waals surface area contributed by atoms with E-state index in [4.69, 9.17) is 5.73 Å². The Morgan fingerprint density at radius 2 is 1.90 bits per heavy atom. The molecule has 0 amide bonds. The topological polar surface area (TPSA) is 76.3 Å². The highest BCUT2D eigenvalue weighted by Gasteiger charge is 2.17. The maximum Gasteiger partial charge on any atom is 0.179 e. The Kier molecular flexibility index (Phi) is 3.94. The average molecular weight is 291 g/mol. The highest BCUT2D eigenvalue weighted by molar-refractivity contribution is 7.90. The Labute approximate surface area is 119 Å². The van der Waals surface area contributed by atoms with Crippen LogP contribution in [0.15, 0.2) is 47.5 Å². The second-order valence-electron chi connectivity index (χ2n) is 4.65. The normalized spacial score (nSPS) is 11.3. The van der Waals surface area contributed by atoms with Crippen molar-refractivity contribution in [2.24, 2.45) is 0 Å². The second-order valence-corrected chi connectivity index (χ2v) is 6.64. The van der Waals surface area contributed by atoms with Gasteiger partial charge in [-0.25, -0.2) is 13.4 Å². The molecular formula is C14H17N3O2S. The number of hydrogen-bond donors (Lipinski definition) is 1. The van der Waals surface area contributed by atoms with Crippen LogP contribution in [-0.4, -0.2) is 26.7 Å². The summed E-state index contributed by atoms with van der Waals surface area (Å²) in [6.07, 6.45) is 2.76. The van der Waals surface area contributed by atoms with Gasteiger partial charge in [0, 0.05) is 31.7 Å². The van der Waals surface area contributed by atoms with Crippen LogP contribution < -0.4 is 10.6 Å². The molecular weight excluding hydrogens is 274 g/mol. The molecule has 0 radical (unpaired) electrons. The Bertz CT molecular complexity index is 714. The van der Waals surface area contributed by atoms with Crippen molar-refractivity contribution in [2.45, 2.75) is 11.4 Å². The molecule has 0 bridgehead atoms. The van der Waals surface area contributed by atoms with Gasteiger partial charge in [0.1, 0.15) is 10.7 Å². The van der Waals surface area contributed by atoms with E-state index in [0.29, 0.717) is 18.1 Å². The van der Waals surface area contributed by atoms with Gasteiger partial charge in [0.05, 0.1) is 0 Å². The third-order valence-corrected chi connectivity index (χ3v) is 4.09. The Morgan fingerprint density at radius 3 is 2.55 bits per heavy atom. The first kappa shape index (κ1) is 14.3. The van der Waals surface area contributed by atoms with E-state index in [9.17, 15) is 8.42 Å². The van der Waals surface area contributed by atoms with Gasteiger partial charge in [-0.2, -0.15) is 0 Å². The van der Waals surface area contributed by atoms with Crippen molar-refractivity contribution >= 4 is 21.3 Å². The lowest BCUT2D eigenvalue weighted by molar-refractivity contribution is 0.601. The quantitative estimate of drug-likeness (QED) is 0.868. The SMILES string of the molecule is CN(Cc1ccccc1N)c1ncccc1S(C)(=O)=O. The van der Waals surface area contributed by atoms with E-state index in [1.54, 1.807) is 30.3 Å². The van der Waals surface area contributed by atoms with Crippen molar-refractivity contribution in [3.63, 3.8) is 0 Å². The molecule has 0 atom stereocenters. The van der Waals surface area contributed by atoms with Crippen LogP contribution >= 0.6 is 0 Å². The largest absolute Gasteiger partial charge is 0.398 e. The van der Waals surface area contributed by atoms with Crippen LogP contribution in [0.2, 0.25) is 0 Å². The summed E-state index contributed by atoms with van der Waals surface area (Å²) in [6, 6.07) is 10.7. The minimum absolute atomic E-state index is 0.219. The maximum absolute atomic E-state index is 11.8. The highest BCUT2D eigenvalue weighted by atomic mass is 32.2. The summed E-state index contributed by atoms with van der Waals surface area (Å²) in [6.45, 7) is 0.492. The monoisotopic (exact) mass is 291 g/mol. The average Bonchev–Trinajstić information content (AvgIpc) is 2.40. The zero-order valence-corrected chi connectivity index (χ0v) is 12.3. The molecule has 1 aromatic carbocycles. The Hall–Kier alpha value is -2.08. The molecule has 0 fully saturated rings. The van der Waals surface area contributed by atoms with Crippen LogP contribution in [0.3, 0.4) is 0 Å². The number of hydrogen-bond acceptors (Lipinski definition) is 5. The minimum Gasteiger partial charge on any atom is -0.398 e. The summed E-state index contributed by atoms with van der Waals surface area (Å²) in [5, 5.41) is 0.